The third kappa shape index (κ3) is 6.51. The molecule has 0 aliphatic heterocycles. The molecule has 0 aromatic rings. The molecule has 0 rings (SSSR count). The van der Waals surface area contributed by atoms with E-state index < -0.39 is 0 Å². The lowest BCUT2D eigenvalue weighted by atomic mass is 10.2. The topological polar surface area (TPSA) is 38.3 Å². The highest BCUT2D eigenvalue weighted by Crippen LogP contribution is 2.19. The molecule has 4 heteroatoms. The Balaban J connectivity index is 3.67. The summed E-state index contributed by atoms with van der Waals surface area (Å²) in [5, 5.41) is 3.04. The Morgan fingerprint density at radius 2 is 2.23 bits per heavy atom. The zero-order valence-corrected chi connectivity index (χ0v) is 9.40. The van der Waals surface area contributed by atoms with Crippen molar-refractivity contribution in [2.45, 2.75) is 18.6 Å². The highest BCUT2D eigenvalue weighted by molar-refractivity contribution is 7.99. The van der Waals surface area contributed by atoms with Gasteiger partial charge in [-0.2, -0.15) is 11.8 Å². The Hall–Kier alpha value is -0.640. The van der Waals surface area contributed by atoms with E-state index in [1.165, 1.54) is 13.2 Å². The Labute approximate surface area is 83.9 Å². The first kappa shape index (κ1) is 12.4. The van der Waals surface area contributed by atoms with Crippen molar-refractivity contribution in [2.75, 3.05) is 19.9 Å². The molecular weight excluding hydrogens is 186 g/mol. The van der Waals surface area contributed by atoms with E-state index in [-0.39, 0.29) is 10.7 Å². The maximum absolute atomic E-state index is 10.7. The maximum Gasteiger partial charge on any atom is 0.331 e. The number of methoxy groups -OCH3 is 1. The third-order valence-electron chi connectivity index (χ3n) is 1.62. The van der Waals surface area contributed by atoms with Gasteiger partial charge in [0.1, 0.15) is 0 Å². The second-order valence-electron chi connectivity index (χ2n) is 3.20. The monoisotopic (exact) mass is 203 g/mol. The molecule has 0 bridgehead atoms. The molecule has 1 N–H and O–H groups in total. The number of carbonyl (C=O) groups excluding carboxylic acids is 1. The van der Waals surface area contributed by atoms with Crippen molar-refractivity contribution >= 4 is 17.7 Å². The van der Waals surface area contributed by atoms with E-state index in [0.29, 0.717) is 0 Å². The number of esters is 1. The van der Waals surface area contributed by atoms with Crippen LogP contribution in [0.3, 0.4) is 0 Å². The highest BCUT2D eigenvalue weighted by atomic mass is 32.2. The van der Waals surface area contributed by atoms with Crippen LogP contribution in [0.5, 0.6) is 0 Å². The number of ether oxygens (including phenoxy) is 1. The molecule has 3 nitrogen and oxygen atoms in total. The zero-order valence-electron chi connectivity index (χ0n) is 8.59. The van der Waals surface area contributed by atoms with E-state index in [0.717, 1.165) is 6.54 Å². The lowest BCUT2D eigenvalue weighted by Gasteiger charge is -2.21. The highest BCUT2D eigenvalue weighted by Gasteiger charge is 2.13. The molecule has 0 aromatic heterocycles. The fourth-order valence-corrected chi connectivity index (χ4v) is 0.800. The largest absolute Gasteiger partial charge is 0.466 e. The zero-order chi connectivity index (χ0) is 10.3. The van der Waals surface area contributed by atoms with Gasteiger partial charge in [-0.1, -0.05) is 0 Å². The van der Waals surface area contributed by atoms with Gasteiger partial charge in [0, 0.05) is 23.6 Å². The van der Waals surface area contributed by atoms with Gasteiger partial charge in [0.05, 0.1) is 7.11 Å². The molecule has 0 unspecified atom stereocenters. The van der Waals surface area contributed by atoms with E-state index in [9.17, 15) is 4.79 Å². The van der Waals surface area contributed by atoms with Crippen molar-refractivity contribution in [2.24, 2.45) is 0 Å². The van der Waals surface area contributed by atoms with Crippen molar-refractivity contribution in [3.63, 3.8) is 0 Å². The normalized spacial score (nSPS) is 11.7. The van der Waals surface area contributed by atoms with Gasteiger partial charge in [0.15, 0.2) is 0 Å². The molecule has 0 aliphatic rings. The predicted octanol–water partition coefficient (Wildman–Crippen LogP) is 1.40. The van der Waals surface area contributed by atoms with Crippen LogP contribution in [-0.4, -0.2) is 30.6 Å². The lowest BCUT2D eigenvalue weighted by molar-refractivity contribution is -0.134. The molecule has 0 spiro atoms. The number of rotatable bonds is 5. The minimum absolute atomic E-state index is 0.181. The van der Waals surface area contributed by atoms with Crippen LogP contribution < -0.4 is 5.32 Å². The number of thioether (sulfide) groups is 1. The van der Waals surface area contributed by atoms with Gasteiger partial charge >= 0.3 is 5.97 Å². The minimum Gasteiger partial charge on any atom is -0.466 e. The molecule has 13 heavy (non-hydrogen) atoms. The van der Waals surface area contributed by atoms with Crippen LogP contribution in [-0.2, 0) is 9.53 Å². The second kappa shape index (κ2) is 5.91. The molecule has 0 aliphatic carbocycles. The van der Waals surface area contributed by atoms with Crippen LogP contribution in [0.1, 0.15) is 13.8 Å². The summed E-state index contributed by atoms with van der Waals surface area (Å²) in [5.41, 5.74) is 0. The SMILES string of the molecule is COC(=O)/C=C/NCC(C)(C)SC. The standard InChI is InChI=1S/C9H17NO2S/c1-9(2,13-4)7-10-6-5-8(11)12-3/h5-6,10H,7H2,1-4H3/b6-5+. The average molecular weight is 203 g/mol. The Morgan fingerprint density at radius 3 is 2.69 bits per heavy atom. The third-order valence-corrected chi connectivity index (χ3v) is 2.87. The molecule has 0 amide bonds. The summed E-state index contributed by atoms with van der Waals surface area (Å²) < 4.78 is 4.62. The van der Waals surface area contributed by atoms with Crippen LogP contribution in [0.4, 0.5) is 0 Å². The van der Waals surface area contributed by atoms with E-state index in [1.807, 2.05) is 0 Å². The van der Waals surface area contributed by atoms with Gasteiger partial charge in [-0.3, -0.25) is 0 Å². The second-order valence-corrected chi connectivity index (χ2v) is 4.71. The Kier molecular flexibility index (Phi) is 5.62. The Morgan fingerprint density at radius 1 is 1.62 bits per heavy atom. The average Bonchev–Trinajstić information content (AvgIpc) is 2.12. The summed E-state index contributed by atoms with van der Waals surface area (Å²) in [6.45, 7) is 5.09. The summed E-state index contributed by atoms with van der Waals surface area (Å²) in [6, 6.07) is 0. The molecule has 0 saturated carbocycles. The first-order chi connectivity index (χ1) is 6.02. The van der Waals surface area contributed by atoms with Crippen molar-refractivity contribution in [1.29, 1.82) is 0 Å². The van der Waals surface area contributed by atoms with E-state index in [4.69, 9.17) is 0 Å². The number of carbonyl (C=O) groups is 1. The van der Waals surface area contributed by atoms with Gasteiger partial charge in [-0.25, -0.2) is 4.79 Å². The minimum atomic E-state index is -0.338. The van der Waals surface area contributed by atoms with Gasteiger partial charge < -0.3 is 10.1 Å². The number of hydrogen-bond acceptors (Lipinski definition) is 4. The van der Waals surface area contributed by atoms with Crippen LogP contribution in [0.25, 0.3) is 0 Å². The fourth-order valence-electron chi connectivity index (χ4n) is 0.572. The predicted molar refractivity (Wildman–Crippen MR) is 56.8 cm³/mol. The summed E-state index contributed by atoms with van der Waals surface area (Å²) >= 11 is 1.78. The van der Waals surface area contributed by atoms with Crippen LogP contribution >= 0.6 is 11.8 Å². The van der Waals surface area contributed by atoms with Crippen LogP contribution in [0.15, 0.2) is 12.3 Å². The fraction of sp³-hybridized carbons (Fsp3) is 0.667. The quantitative estimate of drug-likeness (QED) is 0.541. The van der Waals surface area contributed by atoms with Gasteiger partial charge in [-0.05, 0) is 20.1 Å². The molecular formula is C9H17NO2S. The smallest absolute Gasteiger partial charge is 0.331 e. The molecule has 0 aromatic carbocycles. The van der Waals surface area contributed by atoms with Crippen LogP contribution in [0.2, 0.25) is 0 Å². The molecule has 0 radical (unpaired) electrons. The van der Waals surface area contributed by atoms with Crippen LogP contribution in [0, 0.1) is 0 Å². The van der Waals surface area contributed by atoms with Gasteiger partial charge in [-0.15, -0.1) is 0 Å². The maximum atomic E-state index is 10.7. The number of nitrogens with one attached hydrogen (secondary N) is 1. The molecule has 0 atom stereocenters. The van der Waals surface area contributed by atoms with Crippen molar-refractivity contribution in [3.8, 4) is 0 Å². The molecule has 0 fully saturated rings. The van der Waals surface area contributed by atoms with Crippen molar-refractivity contribution in [1.82, 2.24) is 5.32 Å². The first-order valence-electron chi connectivity index (χ1n) is 4.05. The van der Waals surface area contributed by atoms with Crippen molar-refractivity contribution in [3.05, 3.63) is 12.3 Å². The summed E-state index contributed by atoms with van der Waals surface area (Å²) in [6.07, 6.45) is 5.05. The van der Waals surface area contributed by atoms with E-state index >= 15 is 0 Å². The summed E-state index contributed by atoms with van der Waals surface area (Å²) in [5.74, 6) is -0.338. The summed E-state index contributed by atoms with van der Waals surface area (Å²) in [7, 11) is 1.36. The number of hydrogen-bond donors (Lipinski definition) is 1. The first-order valence-corrected chi connectivity index (χ1v) is 5.27. The lowest BCUT2D eigenvalue weighted by Crippen LogP contribution is -2.28. The molecule has 76 valence electrons. The van der Waals surface area contributed by atoms with Gasteiger partial charge in [0.2, 0.25) is 0 Å². The van der Waals surface area contributed by atoms with Gasteiger partial charge in [0.25, 0.3) is 0 Å². The summed E-state index contributed by atoms with van der Waals surface area (Å²) in [4.78, 5) is 10.7. The molecule has 0 saturated heterocycles. The Bertz CT molecular complexity index is 190. The van der Waals surface area contributed by atoms with E-state index in [2.05, 4.69) is 30.2 Å². The van der Waals surface area contributed by atoms with Crippen molar-refractivity contribution < 1.29 is 9.53 Å². The molecule has 0 heterocycles. The van der Waals surface area contributed by atoms with E-state index in [1.54, 1.807) is 18.0 Å².